The number of aryl methyl sites for hydroxylation is 2. The van der Waals surface area contributed by atoms with Crippen LogP contribution in [0.25, 0.3) is 0 Å². The van der Waals surface area contributed by atoms with Crippen LogP contribution >= 0.6 is 0 Å². The first-order chi connectivity index (χ1) is 11.4. The average Bonchev–Trinajstić information content (AvgIpc) is 2.94. The number of carbonyl (C=O) groups excluding carboxylic acids is 2. The third-order valence-corrected chi connectivity index (χ3v) is 3.50. The molecule has 0 saturated carbocycles. The van der Waals surface area contributed by atoms with Gasteiger partial charge in [0.2, 0.25) is 0 Å². The molecule has 128 valence electrons. The van der Waals surface area contributed by atoms with Crippen LogP contribution in [0, 0.1) is 13.8 Å². The highest BCUT2D eigenvalue weighted by Crippen LogP contribution is 2.18. The largest absolute Gasteiger partial charge is 0.361 e. The number of urea groups is 1. The molecule has 0 spiro atoms. The average molecular weight is 330 g/mol. The summed E-state index contributed by atoms with van der Waals surface area (Å²) in [6.45, 7) is 6.41. The van der Waals surface area contributed by atoms with Gasteiger partial charge in [-0.05, 0) is 38.5 Å². The fourth-order valence-electron chi connectivity index (χ4n) is 2.18. The van der Waals surface area contributed by atoms with Gasteiger partial charge < -0.3 is 20.1 Å². The van der Waals surface area contributed by atoms with E-state index in [1.807, 2.05) is 13.8 Å². The van der Waals surface area contributed by atoms with E-state index in [-0.39, 0.29) is 11.9 Å². The maximum absolute atomic E-state index is 12.3. The van der Waals surface area contributed by atoms with Gasteiger partial charge in [0.05, 0.1) is 6.54 Å². The van der Waals surface area contributed by atoms with Crippen LogP contribution in [-0.2, 0) is 6.54 Å². The number of carbonyl (C=O) groups is 2. The van der Waals surface area contributed by atoms with E-state index in [2.05, 4.69) is 15.8 Å². The highest BCUT2D eigenvalue weighted by Gasteiger charge is 2.14. The first-order valence-electron chi connectivity index (χ1n) is 7.74. The molecule has 3 amide bonds. The second-order valence-electron chi connectivity index (χ2n) is 5.60. The summed E-state index contributed by atoms with van der Waals surface area (Å²) in [5.41, 5.74) is 2.67. The molecule has 1 aromatic heterocycles. The molecule has 0 saturated heterocycles. The molecular formula is C17H22N4O3. The van der Waals surface area contributed by atoms with Gasteiger partial charge in [-0.2, -0.15) is 0 Å². The van der Waals surface area contributed by atoms with Crippen molar-refractivity contribution in [1.82, 2.24) is 15.4 Å². The highest BCUT2D eigenvalue weighted by molar-refractivity contribution is 5.97. The minimum atomic E-state index is -0.285. The fraction of sp³-hybridized carbons (Fsp3) is 0.353. The van der Waals surface area contributed by atoms with Gasteiger partial charge in [-0.25, -0.2) is 4.79 Å². The van der Waals surface area contributed by atoms with Crippen LogP contribution in [0.1, 0.15) is 34.3 Å². The van der Waals surface area contributed by atoms with Gasteiger partial charge in [-0.15, -0.1) is 0 Å². The number of hydrogen-bond donors (Lipinski definition) is 2. The molecule has 7 heteroatoms. The zero-order valence-corrected chi connectivity index (χ0v) is 14.3. The number of nitrogens with zero attached hydrogens (tertiary/aromatic N) is 2. The molecule has 2 rings (SSSR count). The van der Waals surface area contributed by atoms with Crippen LogP contribution in [0.15, 0.2) is 28.8 Å². The van der Waals surface area contributed by atoms with E-state index in [0.29, 0.717) is 35.8 Å². The van der Waals surface area contributed by atoms with Crippen LogP contribution in [0.3, 0.4) is 0 Å². The summed E-state index contributed by atoms with van der Waals surface area (Å²) in [4.78, 5) is 25.8. The lowest BCUT2D eigenvalue weighted by Gasteiger charge is -2.18. The molecule has 1 aromatic carbocycles. The van der Waals surface area contributed by atoms with Crippen molar-refractivity contribution in [3.05, 3.63) is 46.8 Å². The summed E-state index contributed by atoms with van der Waals surface area (Å²) in [5.74, 6) is 0.531. The predicted molar refractivity (Wildman–Crippen MR) is 90.9 cm³/mol. The smallest absolute Gasteiger partial charge is 0.321 e. The Morgan fingerprint density at radius 3 is 2.62 bits per heavy atom. The number of aromatic nitrogens is 1. The molecule has 0 bridgehead atoms. The summed E-state index contributed by atoms with van der Waals surface area (Å²) in [7, 11) is 1.67. The molecule has 1 heterocycles. The Kier molecular flexibility index (Phi) is 5.57. The molecule has 0 aliphatic carbocycles. The Bertz CT molecular complexity index is 739. The Morgan fingerprint density at radius 2 is 2.00 bits per heavy atom. The van der Waals surface area contributed by atoms with Crippen LogP contribution < -0.4 is 10.6 Å². The van der Waals surface area contributed by atoms with E-state index in [9.17, 15) is 9.59 Å². The van der Waals surface area contributed by atoms with E-state index in [0.717, 1.165) is 5.56 Å². The summed E-state index contributed by atoms with van der Waals surface area (Å²) in [5, 5.41) is 9.43. The van der Waals surface area contributed by atoms with Crippen molar-refractivity contribution in [2.45, 2.75) is 27.3 Å². The number of benzene rings is 1. The van der Waals surface area contributed by atoms with Crippen molar-refractivity contribution < 1.29 is 14.1 Å². The van der Waals surface area contributed by atoms with E-state index >= 15 is 0 Å². The molecular weight excluding hydrogens is 308 g/mol. The molecule has 0 radical (unpaired) electrons. The lowest BCUT2D eigenvalue weighted by atomic mass is 10.1. The number of hydrogen-bond acceptors (Lipinski definition) is 4. The summed E-state index contributed by atoms with van der Waals surface area (Å²) < 4.78 is 4.99. The van der Waals surface area contributed by atoms with E-state index in [1.54, 1.807) is 38.2 Å². The van der Waals surface area contributed by atoms with Crippen molar-refractivity contribution in [2.24, 2.45) is 0 Å². The molecule has 2 N–H and O–H groups in total. The Balaban J connectivity index is 2.07. The van der Waals surface area contributed by atoms with Gasteiger partial charge >= 0.3 is 6.03 Å². The van der Waals surface area contributed by atoms with Gasteiger partial charge in [0.15, 0.2) is 0 Å². The van der Waals surface area contributed by atoms with Crippen molar-refractivity contribution in [2.75, 3.05) is 18.9 Å². The van der Waals surface area contributed by atoms with Gasteiger partial charge in [0.25, 0.3) is 5.91 Å². The summed E-state index contributed by atoms with van der Waals surface area (Å²) >= 11 is 0. The van der Waals surface area contributed by atoms with Gasteiger partial charge in [0.1, 0.15) is 11.5 Å². The monoisotopic (exact) mass is 330 g/mol. The van der Waals surface area contributed by atoms with Crippen molar-refractivity contribution in [3.8, 4) is 0 Å². The molecule has 0 unspecified atom stereocenters. The van der Waals surface area contributed by atoms with Crippen LogP contribution in [0.5, 0.6) is 0 Å². The third kappa shape index (κ3) is 4.34. The number of nitrogens with one attached hydrogen (secondary N) is 2. The molecule has 2 aromatic rings. The van der Waals surface area contributed by atoms with Gasteiger partial charge in [-0.1, -0.05) is 11.2 Å². The Morgan fingerprint density at radius 1 is 1.25 bits per heavy atom. The van der Waals surface area contributed by atoms with Crippen molar-refractivity contribution in [1.29, 1.82) is 0 Å². The Labute approximate surface area is 141 Å². The molecule has 0 atom stereocenters. The normalized spacial score (nSPS) is 10.3. The summed E-state index contributed by atoms with van der Waals surface area (Å²) in [6.07, 6.45) is 0. The van der Waals surface area contributed by atoms with Gasteiger partial charge in [0, 0.05) is 30.9 Å². The maximum Gasteiger partial charge on any atom is 0.321 e. The zero-order valence-electron chi connectivity index (χ0n) is 14.3. The molecule has 0 aliphatic rings. The summed E-state index contributed by atoms with van der Waals surface area (Å²) in [6, 6.07) is 6.71. The number of rotatable bonds is 5. The molecule has 0 fully saturated rings. The topological polar surface area (TPSA) is 87.5 Å². The SMILES string of the molecule is CCNC(=O)c1ccc(C)c(NC(=O)N(C)Cc2cc(C)on2)c1. The third-order valence-electron chi connectivity index (χ3n) is 3.50. The van der Waals surface area contributed by atoms with Gasteiger partial charge in [-0.3, -0.25) is 4.79 Å². The standard InChI is InChI=1S/C17H22N4O3/c1-5-18-16(22)13-7-6-11(2)15(9-13)19-17(23)21(4)10-14-8-12(3)24-20-14/h6-9H,5,10H2,1-4H3,(H,18,22)(H,19,23). The van der Waals surface area contributed by atoms with Crippen molar-refractivity contribution in [3.63, 3.8) is 0 Å². The Hall–Kier alpha value is -2.83. The minimum absolute atomic E-state index is 0.167. The second kappa shape index (κ2) is 7.63. The molecule has 7 nitrogen and oxygen atoms in total. The first-order valence-corrected chi connectivity index (χ1v) is 7.74. The van der Waals surface area contributed by atoms with Crippen LogP contribution in [0.2, 0.25) is 0 Å². The van der Waals surface area contributed by atoms with E-state index < -0.39 is 0 Å². The van der Waals surface area contributed by atoms with E-state index in [1.165, 1.54) is 4.90 Å². The minimum Gasteiger partial charge on any atom is -0.361 e. The first kappa shape index (κ1) is 17.5. The van der Waals surface area contributed by atoms with E-state index in [4.69, 9.17) is 4.52 Å². The quantitative estimate of drug-likeness (QED) is 0.882. The number of amides is 3. The lowest BCUT2D eigenvalue weighted by molar-refractivity contribution is 0.0956. The maximum atomic E-state index is 12.3. The number of anilines is 1. The highest BCUT2D eigenvalue weighted by atomic mass is 16.5. The lowest BCUT2D eigenvalue weighted by Crippen LogP contribution is -2.31. The predicted octanol–water partition coefficient (Wildman–Crippen LogP) is 2.71. The van der Waals surface area contributed by atoms with Crippen molar-refractivity contribution >= 4 is 17.6 Å². The van der Waals surface area contributed by atoms with Crippen LogP contribution in [-0.4, -0.2) is 35.6 Å². The molecule has 24 heavy (non-hydrogen) atoms. The molecule has 0 aliphatic heterocycles. The fourth-order valence-corrected chi connectivity index (χ4v) is 2.18. The van der Waals surface area contributed by atoms with Crippen LogP contribution in [0.4, 0.5) is 10.5 Å². The second-order valence-corrected chi connectivity index (χ2v) is 5.60. The zero-order chi connectivity index (χ0) is 17.7.